The number of likely N-dealkylation sites (tertiary alicyclic amines) is 1. The van der Waals surface area contributed by atoms with Gasteiger partial charge in [-0.05, 0) is 37.8 Å². The summed E-state index contributed by atoms with van der Waals surface area (Å²) < 4.78 is 38.7. The lowest BCUT2D eigenvalue weighted by Gasteiger charge is -2.38. The van der Waals surface area contributed by atoms with Crippen molar-refractivity contribution >= 4 is 21.6 Å². The highest BCUT2D eigenvalue weighted by molar-refractivity contribution is 7.89. The van der Waals surface area contributed by atoms with Gasteiger partial charge in [-0.15, -0.1) is 0 Å². The van der Waals surface area contributed by atoms with E-state index in [0.717, 1.165) is 0 Å². The highest BCUT2D eigenvalue weighted by Crippen LogP contribution is 2.33. The van der Waals surface area contributed by atoms with Crippen molar-refractivity contribution < 1.29 is 22.4 Å². The number of nitrogens with one attached hydrogen (secondary N) is 2. The average Bonchev–Trinajstić information content (AvgIpc) is 3.04. The summed E-state index contributed by atoms with van der Waals surface area (Å²) in [7, 11) is -2.07. The zero-order valence-electron chi connectivity index (χ0n) is 16.6. The average molecular weight is 420 g/mol. The number of nitrogens with zero attached hydrogens (tertiary/aromatic N) is 2. The van der Waals surface area contributed by atoms with Crippen molar-refractivity contribution in [1.82, 2.24) is 14.6 Å². The van der Waals surface area contributed by atoms with E-state index in [-0.39, 0.29) is 22.5 Å². The molecule has 1 fully saturated rings. The maximum absolute atomic E-state index is 12.7. The number of piperidine rings is 1. The topological polar surface area (TPSA) is 114 Å². The van der Waals surface area contributed by atoms with Gasteiger partial charge in [0.05, 0.1) is 24.7 Å². The summed E-state index contributed by atoms with van der Waals surface area (Å²) in [5, 5.41) is 3.28. The maximum Gasteiger partial charge on any atom is 0.291 e. The third kappa shape index (κ3) is 3.69. The lowest BCUT2D eigenvalue weighted by atomic mass is 9.93. The molecule has 0 bridgehead atoms. The second-order valence-electron chi connectivity index (χ2n) is 7.38. The molecule has 0 unspecified atom stereocenters. The number of carbonyl (C=O) groups excluding carboxylic acids is 1. The summed E-state index contributed by atoms with van der Waals surface area (Å²) in [5.74, 6) is 1.21. The van der Waals surface area contributed by atoms with E-state index >= 15 is 0 Å². The number of ether oxygens (including phenoxy) is 1. The number of rotatable bonds is 3. The molecule has 2 aliphatic rings. The van der Waals surface area contributed by atoms with Crippen LogP contribution in [0.2, 0.25) is 0 Å². The summed E-state index contributed by atoms with van der Waals surface area (Å²) in [6.45, 7) is 4.51. The predicted molar refractivity (Wildman–Crippen MR) is 105 cm³/mol. The van der Waals surface area contributed by atoms with Crippen molar-refractivity contribution in [3.8, 4) is 5.75 Å². The number of carbonyl (C=O) groups is 1. The van der Waals surface area contributed by atoms with Gasteiger partial charge in [-0.25, -0.2) is 13.4 Å². The van der Waals surface area contributed by atoms with Gasteiger partial charge in [-0.2, -0.15) is 4.72 Å². The summed E-state index contributed by atoms with van der Waals surface area (Å²) in [6.07, 6.45) is 0.889. The molecule has 0 spiro atoms. The van der Waals surface area contributed by atoms with Crippen LogP contribution < -0.4 is 14.8 Å². The third-order valence-electron chi connectivity index (χ3n) is 5.47. The molecule has 10 heteroatoms. The smallest absolute Gasteiger partial charge is 0.291 e. The van der Waals surface area contributed by atoms with Crippen LogP contribution in [0.15, 0.2) is 27.5 Å². The van der Waals surface area contributed by atoms with E-state index in [0.29, 0.717) is 49.0 Å². The molecule has 1 saturated heterocycles. The highest BCUT2D eigenvalue weighted by Gasteiger charge is 2.36. The summed E-state index contributed by atoms with van der Waals surface area (Å²) in [6, 6.07) is 4.84. The van der Waals surface area contributed by atoms with Crippen molar-refractivity contribution in [3.05, 3.63) is 35.5 Å². The van der Waals surface area contributed by atoms with Crippen molar-refractivity contribution in [2.45, 2.75) is 37.8 Å². The van der Waals surface area contributed by atoms with Crippen LogP contribution >= 0.6 is 0 Å². The Morgan fingerprint density at radius 3 is 2.62 bits per heavy atom. The number of fused-ring (bicyclic) bond motifs is 1. The van der Waals surface area contributed by atoms with Gasteiger partial charge < -0.3 is 19.4 Å². The fourth-order valence-electron chi connectivity index (χ4n) is 3.93. The van der Waals surface area contributed by atoms with Crippen LogP contribution in [0.3, 0.4) is 0 Å². The maximum atomic E-state index is 12.7. The highest BCUT2D eigenvalue weighted by atomic mass is 32.2. The van der Waals surface area contributed by atoms with E-state index < -0.39 is 16.2 Å². The van der Waals surface area contributed by atoms with E-state index in [1.807, 2.05) is 0 Å². The first kappa shape index (κ1) is 19.7. The van der Waals surface area contributed by atoms with Gasteiger partial charge in [-0.1, -0.05) is 0 Å². The Kier molecular flexibility index (Phi) is 4.99. The molecule has 2 N–H and O–H groups in total. The fraction of sp³-hybridized carbons (Fsp3) is 0.474. The minimum absolute atomic E-state index is 0.0470. The van der Waals surface area contributed by atoms with Crippen molar-refractivity contribution in [1.29, 1.82) is 0 Å². The Hall–Kier alpha value is -2.59. The van der Waals surface area contributed by atoms with Crippen LogP contribution in [0.1, 0.15) is 35.0 Å². The van der Waals surface area contributed by atoms with E-state index in [4.69, 9.17) is 9.15 Å². The molecule has 1 aromatic carbocycles. The lowest BCUT2D eigenvalue weighted by Crippen LogP contribution is -2.52. The number of sulfonamides is 1. The predicted octanol–water partition coefficient (Wildman–Crippen LogP) is 1.88. The molecule has 2 aliphatic heterocycles. The Balaban J connectivity index is 1.46. The molecule has 1 aromatic heterocycles. The molecule has 2 aromatic rings. The van der Waals surface area contributed by atoms with E-state index in [9.17, 15) is 13.2 Å². The Morgan fingerprint density at radius 1 is 1.28 bits per heavy atom. The first-order valence-electron chi connectivity index (χ1n) is 9.48. The third-order valence-corrected chi connectivity index (χ3v) is 6.96. The molecular weight excluding hydrogens is 396 g/mol. The molecule has 156 valence electrons. The molecular formula is C19H24N4O5S. The standard InChI is InChI=1S/C19H24N4O5S/c1-11-17(28-12(2)20-11)19(24)23-8-6-13(7-9-23)18-21-15-10-14(27-3)4-5-16(15)29(25,26)22-18/h4-5,10,13,18,21-22H,6-9H2,1-3H3/t18-/m0/s1. The van der Waals surface area contributed by atoms with E-state index in [1.165, 1.54) is 6.07 Å². The molecule has 0 aliphatic carbocycles. The minimum Gasteiger partial charge on any atom is -0.497 e. The second kappa shape index (κ2) is 7.34. The molecule has 4 rings (SSSR count). The SMILES string of the molecule is COc1ccc2c(c1)N[C@H](C1CCN(C(=O)c3oc(C)nc3C)CC1)NS2(=O)=O. The number of hydrogen-bond acceptors (Lipinski definition) is 7. The molecule has 0 radical (unpaired) electrons. The monoisotopic (exact) mass is 420 g/mol. The Bertz CT molecular complexity index is 1040. The molecule has 1 atom stereocenters. The van der Waals surface area contributed by atoms with E-state index in [1.54, 1.807) is 38.0 Å². The van der Waals surface area contributed by atoms with Crippen LogP contribution in [-0.4, -0.2) is 50.6 Å². The number of methoxy groups -OCH3 is 1. The van der Waals surface area contributed by atoms with Crippen LogP contribution in [0, 0.1) is 19.8 Å². The van der Waals surface area contributed by atoms with Crippen molar-refractivity contribution in [2.75, 3.05) is 25.5 Å². The number of oxazole rings is 1. The van der Waals surface area contributed by atoms with Gasteiger partial charge in [0.2, 0.25) is 15.8 Å². The van der Waals surface area contributed by atoms with Crippen LogP contribution in [0.5, 0.6) is 5.75 Å². The van der Waals surface area contributed by atoms with Gasteiger partial charge in [0, 0.05) is 26.1 Å². The summed E-state index contributed by atoms with van der Waals surface area (Å²) in [4.78, 5) is 18.8. The largest absolute Gasteiger partial charge is 0.497 e. The number of benzene rings is 1. The first-order chi connectivity index (χ1) is 13.8. The zero-order chi connectivity index (χ0) is 20.8. The fourth-order valence-corrected chi connectivity index (χ4v) is 5.30. The first-order valence-corrected chi connectivity index (χ1v) is 11.0. The zero-order valence-corrected chi connectivity index (χ0v) is 17.4. The number of amides is 1. The van der Waals surface area contributed by atoms with Gasteiger partial charge in [0.1, 0.15) is 10.6 Å². The van der Waals surface area contributed by atoms with Crippen LogP contribution in [0.25, 0.3) is 0 Å². The minimum atomic E-state index is -3.61. The normalized spacial score (nSPS) is 21.3. The molecule has 1 amide bonds. The Morgan fingerprint density at radius 2 is 2.00 bits per heavy atom. The van der Waals surface area contributed by atoms with Crippen LogP contribution in [0.4, 0.5) is 5.69 Å². The molecule has 29 heavy (non-hydrogen) atoms. The number of anilines is 1. The second-order valence-corrected chi connectivity index (χ2v) is 9.06. The molecule has 3 heterocycles. The van der Waals surface area contributed by atoms with E-state index in [2.05, 4.69) is 15.0 Å². The van der Waals surface area contributed by atoms with Gasteiger partial charge in [-0.3, -0.25) is 4.79 Å². The Labute approximate surface area is 169 Å². The van der Waals surface area contributed by atoms with Crippen molar-refractivity contribution in [2.24, 2.45) is 5.92 Å². The summed E-state index contributed by atoms with van der Waals surface area (Å²) in [5.41, 5.74) is 1.11. The van der Waals surface area contributed by atoms with Crippen LogP contribution in [-0.2, 0) is 10.0 Å². The van der Waals surface area contributed by atoms with Gasteiger partial charge in [0.25, 0.3) is 5.91 Å². The molecule has 0 saturated carbocycles. The number of aryl methyl sites for hydroxylation is 2. The summed E-state index contributed by atoms with van der Waals surface area (Å²) >= 11 is 0. The van der Waals surface area contributed by atoms with Gasteiger partial charge >= 0.3 is 0 Å². The lowest BCUT2D eigenvalue weighted by molar-refractivity contribution is 0.0645. The quantitative estimate of drug-likeness (QED) is 0.779. The van der Waals surface area contributed by atoms with Gasteiger partial charge in [0.15, 0.2) is 5.89 Å². The number of hydrogen-bond donors (Lipinski definition) is 2. The van der Waals surface area contributed by atoms with Crippen molar-refractivity contribution in [3.63, 3.8) is 0 Å². The molecule has 9 nitrogen and oxygen atoms in total. The number of aromatic nitrogens is 1.